The maximum Gasteiger partial charge on any atom is 0.214 e. The van der Waals surface area contributed by atoms with Crippen molar-refractivity contribution >= 4 is 46.0 Å². The molecule has 2 aromatic rings. The van der Waals surface area contributed by atoms with Gasteiger partial charge in [-0.15, -0.1) is 0 Å². The second-order valence-electron chi connectivity index (χ2n) is 7.85. The Balaban J connectivity index is 2.15. The van der Waals surface area contributed by atoms with Gasteiger partial charge >= 0.3 is 0 Å². The van der Waals surface area contributed by atoms with Crippen molar-refractivity contribution in [3.05, 3.63) is 69.0 Å². The summed E-state index contributed by atoms with van der Waals surface area (Å²) in [6, 6.07) is 7.29. The van der Waals surface area contributed by atoms with Gasteiger partial charge in [0.15, 0.2) is 0 Å². The highest BCUT2D eigenvalue weighted by Crippen LogP contribution is 2.39. The maximum atomic E-state index is 11.7. The zero-order valence-electron chi connectivity index (χ0n) is 20.3. The van der Waals surface area contributed by atoms with E-state index in [1.165, 1.54) is 31.4 Å². The molecule has 0 aliphatic heterocycles. The Kier molecular flexibility index (Phi) is 12.3. The van der Waals surface area contributed by atoms with Crippen LogP contribution in [0.15, 0.2) is 46.5 Å². The molecule has 0 atom stereocenters. The number of nitrogen functional groups attached to an aromatic ring is 2. The first-order valence-electron chi connectivity index (χ1n) is 11.1. The van der Waals surface area contributed by atoms with Gasteiger partial charge in [0.1, 0.15) is 11.6 Å². The fourth-order valence-corrected chi connectivity index (χ4v) is 5.37. The number of hydrogen-bond donors (Lipinski definition) is 4. The van der Waals surface area contributed by atoms with Crippen molar-refractivity contribution in [2.24, 2.45) is 0 Å². The summed E-state index contributed by atoms with van der Waals surface area (Å²) < 4.78 is 0. The molecule has 0 unspecified atom stereocenters. The molecule has 0 spiro atoms. The summed E-state index contributed by atoms with van der Waals surface area (Å²) in [5.74, 6) is 0.708. The van der Waals surface area contributed by atoms with E-state index in [4.69, 9.17) is 11.5 Å². The molecule has 0 aliphatic carbocycles. The Morgan fingerprint density at radius 1 is 0.806 bits per heavy atom. The lowest BCUT2D eigenvalue weighted by molar-refractivity contribution is -0.117. The highest BCUT2D eigenvalue weighted by atomic mass is 33.1. The molecule has 0 aromatic carbocycles. The van der Waals surface area contributed by atoms with E-state index in [9.17, 15) is 19.8 Å². The van der Waals surface area contributed by atoms with Gasteiger partial charge in [0.25, 0.3) is 0 Å². The molecule has 2 aromatic heterocycles. The lowest BCUT2D eigenvalue weighted by Crippen LogP contribution is -2.17. The first-order valence-corrected chi connectivity index (χ1v) is 13.3. The van der Waals surface area contributed by atoms with Gasteiger partial charge in [-0.25, -0.2) is 9.97 Å². The summed E-state index contributed by atoms with van der Waals surface area (Å²) in [6.07, 6.45) is 5.29. The van der Waals surface area contributed by atoms with Crippen LogP contribution in [0.5, 0.6) is 0 Å². The summed E-state index contributed by atoms with van der Waals surface area (Å²) in [4.78, 5) is 36.2. The second kappa shape index (κ2) is 15.1. The Morgan fingerprint density at radius 3 is 1.50 bits per heavy atom. The average molecular weight is 533 g/mol. The summed E-state index contributed by atoms with van der Waals surface area (Å²) in [7, 11) is 2.66. The lowest BCUT2D eigenvalue weighted by atomic mass is 10.2. The van der Waals surface area contributed by atoms with Gasteiger partial charge < -0.3 is 31.5 Å². The van der Waals surface area contributed by atoms with Crippen molar-refractivity contribution in [3.8, 4) is 0 Å². The maximum absolute atomic E-state index is 11.7. The smallest absolute Gasteiger partial charge is 0.214 e. The summed E-state index contributed by atoms with van der Waals surface area (Å²) in [5.41, 5.74) is 14.9. The Bertz CT molecular complexity index is 1010. The van der Waals surface area contributed by atoms with E-state index in [2.05, 4.69) is 9.97 Å². The molecule has 36 heavy (non-hydrogen) atoms. The van der Waals surface area contributed by atoms with Crippen molar-refractivity contribution in [3.63, 3.8) is 0 Å². The first kappa shape index (κ1) is 29.2. The number of carbonyl (C=O) groups is 2. The monoisotopic (exact) mass is 532 g/mol. The molecular formula is C24H32N6O4S2. The number of aryl methyl sites for hydroxylation is 2. The highest BCUT2D eigenvalue weighted by molar-refractivity contribution is 8.79. The molecule has 0 fully saturated rings. The number of aromatic nitrogens is 2. The molecule has 0 bridgehead atoms. The van der Waals surface area contributed by atoms with E-state index in [1.807, 2.05) is 38.1 Å². The number of nitrogens with zero attached hydrogens (tertiary/aromatic N) is 4. The number of rotatable bonds is 15. The molecule has 0 radical (unpaired) electrons. The second-order valence-corrected chi connectivity index (χ2v) is 10.2. The van der Waals surface area contributed by atoms with Crippen molar-refractivity contribution in [2.75, 3.05) is 24.7 Å². The topological polar surface area (TPSA) is 159 Å². The molecule has 2 rings (SSSR count). The number of aliphatic hydroxyl groups is 2. The van der Waals surface area contributed by atoms with E-state index >= 15 is 0 Å². The minimum atomic E-state index is -0.112. The van der Waals surface area contributed by atoms with Gasteiger partial charge in [-0.1, -0.05) is 33.7 Å². The largest absolute Gasteiger partial charge is 0.396 e. The van der Waals surface area contributed by atoms with E-state index in [-0.39, 0.29) is 26.3 Å². The fraction of sp³-hybridized carbons (Fsp3) is 0.333. The van der Waals surface area contributed by atoms with Crippen molar-refractivity contribution in [1.82, 2.24) is 19.8 Å². The predicted molar refractivity (Wildman–Crippen MR) is 145 cm³/mol. The predicted octanol–water partition coefficient (Wildman–Crippen LogP) is 2.70. The van der Waals surface area contributed by atoms with E-state index in [1.54, 1.807) is 12.4 Å². The first-order chi connectivity index (χ1) is 17.3. The van der Waals surface area contributed by atoms with Crippen LogP contribution in [0.4, 0.5) is 11.6 Å². The molecule has 6 N–H and O–H groups in total. The van der Waals surface area contributed by atoms with Crippen LogP contribution in [0.1, 0.15) is 35.4 Å². The number of aliphatic hydroxyl groups excluding tert-OH is 2. The van der Waals surface area contributed by atoms with Crippen LogP contribution in [-0.2, 0) is 22.7 Å². The molecule has 12 heteroatoms. The zero-order valence-corrected chi connectivity index (χ0v) is 22.0. The van der Waals surface area contributed by atoms with Crippen LogP contribution in [0.25, 0.3) is 0 Å². The summed E-state index contributed by atoms with van der Waals surface area (Å²) in [5, 5.41) is 19.0. The molecule has 0 aliphatic rings. The van der Waals surface area contributed by atoms with Gasteiger partial charge in [0.2, 0.25) is 12.8 Å². The molecule has 194 valence electrons. The number of nitrogens with two attached hydrogens (primary N) is 2. The van der Waals surface area contributed by atoms with Crippen molar-refractivity contribution in [2.45, 2.75) is 39.8 Å². The number of pyridine rings is 2. The van der Waals surface area contributed by atoms with Crippen LogP contribution < -0.4 is 11.5 Å². The third-order valence-corrected chi connectivity index (χ3v) is 7.54. The zero-order chi connectivity index (χ0) is 26.5. The summed E-state index contributed by atoms with van der Waals surface area (Å²) >= 11 is 0. The van der Waals surface area contributed by atoms with Crippen molar-refractivity contribution in [1.29, 1.82) is 0 Å². The standard InChI is InChI=1S/C24H32N6O4S2/c1-17-3-5-19(23(25)27-17)11-29(15-33)13-21(7-9-31)35-36-22(8-10-32)14-30(16-34)12-20-6-4-18(2)28-24(20)26/h3-6,13-16,31-32H,7-12H2,1-2H3,(H2,25,27)(H2,26,28). The Morgan fingerprint density at radius 2 is 1.19 bits per heavy atom. The van der Waals surface area contributed by atoms with Gasteiger partial charge in [0.05, 0.1) is 13.1 Å². The van der Waals surface area contributed by atoms with Gasteiger partial charge in [-0.05, 0) is 26.0 Å². The van der Waals surface area contributed by atoms with Crippen LogP contribution in [0.3, 0.4) is 0 Å². The van der Waals surface area contributed by atoms with Crippen LogP contribution in [0, 0.1) is 13.8 Å². The van der Waals surface area contributed by atoms with E-state index in [0.717, 1.165) is 21.2 Å². The Labute approximate surface area is 218 Å². The number of amides is 2. The van der Waals surface area contributed by atoms with Crippen LogP contribution in [0.2, 0.25) is 0 Å². The third kappa shape index (κ3) is 9.53. The lowest BCUT2D eigenvalue weighted by Gasteiger charge is -2.18. The van der Waals surface area contributed by atoms with Gasteiger partial charge in [-0.2, -0.15) is 0 Å². The Hall–Kier alpha value is -3.06. The van der Waals surface area contributed by atoms with Gasteiger partial charge in [0, 0.05) is 70.8 Å². The molecular weight excluding hydrogens is 500 g/mol. The molecule has 0 saturated carbocycles. The minimum Gasteiger partial charge on any atom is -0.396 e. The quantitative estimate of drug-likeness (QED) is 0.198. The minimum absolute atomic E-state index is 0.112. The molecule has 0 saturated heterocycles. The molecule has 2 heterocycles. The molecule has 2 amide bonds. The number of hydrogen-bond acceptors (Lipinski definition) is 10. The van der Waals surface area contributed by atoms with Crippen molar-refractivity contribution < 1.29 is 19.8 Å². The number of carbonyl (C=O) groups excluding carboxylic acids is 2. The van der Waals surface area contributed by atoms with E-state index in [0.29, 0.717) is 48.4 Å². The highest BCUT2D eigenvalue weighted by Gasteiger charge is 2.11. The van der Waals surface area contributed by atoms with E-state index < -0.39 is 0 Å². The average Bonchev–Trinajstić information content (AvgIpc) is 2.84. The third-order valence-electron chi connectivity index (χ3n) is 4.87. The SMILES string of the molecule is Cc1ccc(CN(C=O)C=C(CCO)SSC(=CN(C=O)Cc2ccc(C)nc2N)CCO)c(N)n1. The molecule has 10 nitrogen and oxygen atoms in total. The summed E-state index contributed by atoms with van der Waals surface area (Å²) in [6.45, 7) is 3.90. The van der Waals surface area contributed by atoms with Crippen LogP contribution >= 0.6 is 21.6 Å². The van der Waals surface area contributed by atoms with Gasteiger partial charge in [-0.3, -0.25) is 9.59 Å². The number of anilines is 2. The van der Waals surface area contributed by atoms with Crippen LogP contribution in [-0.4, -0.2) is 56.0 Å². The normalized spacial score (nSPS) is 11.9. The fourth-order valence-electron chi connectivity index (χ4n) is 3.05.